The van der Waals surface area contributed by atoms with E-state index in [1.54, 1.807) is 24.3 Å². The summed E-state index contributed by atoms with van der Waals surface area (Å²) in [6, 6.07) is 16.7. The van der Waals surface area contributed by atoms with E-state index in [9.17, 15) is 9.59 Å². The predicted molar refractivity (Wildman–Crippen MR) is 121 cm³/mol. The van der Waals surface area contributed by atoms with Gasteiger partial charge in [-0.1, -0.05) is 41.9 Å². The van der Waals surface area contributed by atoms with Gasteiger partial charge in [-0.25, -0.2) is 4.98 Å². The third kappa shape index (κ3) is 4.37. The van der Waals surface area contributed by atoms with Crippen molar-refractivity contribution in [3.05, 3.63) is 86.6 Å². The van der Waals surface area contributed by atoms with Gasteiger partial charge >= 0.3 is 0 Å². The molecule has 4 rings (SSSR count). The summed E-state index contributed by atoms with van der Waals surface area (Å²) in [6.45, 7) is 1.83. The fourth-order valence-corrected chi connectivity index (χ4v) is 4.03. The van der Waals surface area contributed by atoms with E-state index in [1.165, 1.54) is 16.0 Å². The summed E-state index contributed by atoms with van der Waals surface area (Å²) in [6.07, 6.45) is 0.536. The first-order valence-corrected chi connectivity index (χ1v) is 10.6. The summed E-state index contributed by atoms with van der Waals surface area (Å²) in [4.78, 5) is 29.7. The van der Waals surface area contributed by atoms with Crippen molar-refractivity contribution in [2.45, 2.75) is 19.8 Å². The Balaban J connectivity index is 1.47. The van der Waals surface area contributed by atoms with Gasteiger partial charge in [0.05, 0.1) is 5.69 Å². The fourth-order valence-electron chi connectivity index (χ4n) is 3.11. The Morgan fingerprint density at radius 3 is 2.63 bits per heavy atom. The summed E-state index contributed by atoms with van der Waals surface area (Å²) in [7, 11) is 0. The van der Waals surface area contributed by atoms with E-state index in [0.717, 1.165) is 17.0 Å². The first-order valence-electron chi connectivity index (χ1n) is 9.38. The van der Waals surface area contributed by atoms with Crippen LogP contribution in [0.2, 0.25) is 5.02 Å². The average Bonchev–Trinajstić information content (AvgIpc) is 3.34. The second-order valence-corrected chi connectivity index (χ2v) is 8.07. The SMILES string of the molecule is Cc1[nH]n(-c2nc(-c3ccccc3)cs2)c(=O)c1CCC(=O)Nc1ccc(Cl)cc1. The van der Waals surface area contributed by atoms with Crippen molar-refractivity contribution < 1.29 is 4.79 Å². The minimum Gasteiger partial charge on any atom is -0.326 e. The number of carbonyl (C=O) groups is 1. The lowest BCUT2D eigenvalue weighted by Crippen LogP contribution is -2.19. The number of carbonyl (C=O) groups excluding carboxylic acids is 1. The number of rotatable bonds is 6. The third-order valence-electron chi connectivity index (χ3n) is 4.68. The van der Waals surface area contributed by atoms with Gasteiger partial charge in [-0.3, -0.25) is 14.7 Å². The molecule has 0 aliphatic carbocycles. The van der Waals surface area contributed by atoms with Gasteiger partial charge < -0.3 is 5.32 Å². The molecule has 0 unspecified atom stereocenters. The van der Waals surface area contributed by atoms with Crippen molar-refractivity contribution in [1.29, 1.82) is 0 Å². The molecule has 0 saturated carbocycles. The summed E-state index contributed by atoms with van der Waals surface area (Å²) in [5.41, 5.74) is 3.62. The largest absolute Gasteiger partial charge is 0.326 e. The van der Waals surface area contributed by atoms with Gasteiger partial charge in [0.25, 0.3) is 5.56 Å². The Hall–Kier alpha value is -3.16. The first-order chi connectivity index (χ1) is 14.5. The first kappa shape index (κ1) is 20.1. The maximum absolute atomic E-state index is 12.9. The van der Waals surface area contributed by atoms with Crippen molar-refractivity contribution in [3.8, 4) is 16.4 Å². The van der Waals surface area contributed by atoms with Crippen molar-refractivity contribution >= 4 is 34.5 Å². The molecule has 0 saturated heterocycles. The minimum absolute atomic E-state index is 0.163. The van der Waals surface area contributed by atoms with Crippen LogP contribution in [0.15, 0.2) is 64.8 Å². The van der Waals surface area contributed by atoms with Crippen LogP contribution in [0.4, 0.5) is 5.69 Å². The molecule has 4 aromatic rings. The highest BCUT2D eigenvalue weighted by Gasteiger charge is 2.16. The second kappa shape index (κ2) is 8.69. The molecule has 0 spiro atoms. The normalized spacial score (nSPS) is 10.9. The molecule has 2 aromatic heterocycles. The highest BCUT2D eigenvalue weighted by molar-refractivity contribution is 7.12. The lowest BCUT2D eigenvalue weighted by atomic mass is 10.1. The van der Waals surface area contributed by atoms with Crippen LogP contribution in [-0.4, -0.2) is 20.7 Å². The number of benzene rings is 2. The Labute approximate surface area is 182 Å². The zero-order valence-electron chi connectivity index (χ0n) is 16.2. The second-order valence-electron chi connectivity index (χ2n) is 6.79. The maximum Gasteiger partial charge on any atom is 0.276 e. The molecule has 0 atom stereocenters. The quantitative estimate of drug-likeness (QED) is 0.452. The lowest BCUT2D eigenvalue weighted by Gasteiger charge is -2.04. The molecule has 0 aliphatic rings. The molecule has 2 heterocycles. The van der Waals surface area contributed by atoms with Crippen molar-refractivity contribution in [3.63, 3.8) is 0 Å². The number of aryl methyl sites for hydroxylation is 1. The minimum atomic E-state index is -0.180. The van der Waals surface area contributed by atoms with Crippen LogP contribution < -0.4 is 10.9 Å². The highest BCUT2D eigenvalue weighted by atomic mass is 35.5. The zero-order valence-corrected chi connectivity index (χ0v) is 17.8. The molecule has 6 nitrogen and oxygen atoms in total. The van der Waals surface area contributed by atoms with Gasteiger partial charge in [0.15, 0.2) is 0 Å². The van der Waals surface area contributed by atoms with E-state index in [2.05, 4.69) is 15.4 Å². The van der Waals surface area contributed by atoms with Crippen LogP contribution in [0.1, 0.15) is 17.7 Å². The van der Waals surface area contributed by atoms with E-state index < -0.39 is 0 Å². The molecular formula is C22H19ClN4O2S. The number of nitrogens with zero attached hydrogens (tertiary/aromatic N) is 2. The number of hydrogen-bond acceptors (Lipinski definition) is 4. The Bertz CT molecular complexity index is 1230. The van der Waals surface area contributed by atoms with Crippen LogP contribution in [0, 0.1) is 6.92 Å². The Kier molecular flexibility index (Phi) is 5.83. The van der Waals surface area contributed by atoms with E-state index in [-0.39, 0.29) is 17.9 Å². The molecule has 8 heteroatoms. The van der Waals surface area contributed by atoms with Crippen LogP contribution in [-0.2, 0) is 11.2 Å². The number of anilines is 1. The summed E-state index contributed by atoms with van der Waals surface area (Å²) in [5.74, 6) is -0.163. The fraction of sp³-hybridized carbons (Fsp3) is 0.136. The van der Waals surface area contributed by atoms with Gasteiger partial charge in [0, 0.05) is 39.3 Å². The van der Waals surface area contributed by atoms with Gasteiger partial charge in [-0.2, -0.15) is 4.68 Å². The van der Waals surface area contributed by atoms with E-state index in [1.807, 2.05) is 42.6 Å². The predicted octanol–water partition coefficient (Wildman–Crippen LogP) is 4.82. The van der Waals surface area contributed by atoms with E-state index in [4.69, 9.17) is 11.6 Å². The van der Waals surface area contributed by atoms with E-state index >= 15 is 0 Å². The average molecular weight is 439 g/mol. The van der Waals surface area contributed by atoms with E-state index in [0.29, 0.717) is 27.8 Å². The summed E-state index contributed by atoms with van der Waals surface area (Å²) >= 11 is 7.25. The number of thiazole rings is 1. The van der Waals surface area contributed by atoms with Gasteiger partial charge in [0.2, 0.25) is 11.0 Å². The van der Waals surface area contributed by atoms with Crippen LogP contribution in [0.5, 0.6) is 0 Å². The monoisotopic (exact) mass is 438 g/mol. The highest BCUT2D eigenvalue weighted by Crippen LogP contribution is 2.23. The number of aromatic nitrogens is 3. The Morgan fingerprint density at radius 1 is 1.17 bits per heavy atom. The molecule has 2 N–H and O–H groups in total. The van der Waals surface area contributed by atoms with Crippen LogP contribution in [0.25, 0.3) is 16.4 Å². The summed E-state index contributed by atoms with van der Waals surface area (Å²) < 4.78 is 1.44. The molecule has 0 aliphatic heterocycles. The van der Waals surface area contributed by atoms with Gasteiger partial charge in [0.1, 0.15) is 0 Å². The topological polar surface area (TPSA) is 79.8 Å². The number of H-pyrrole nitrogens is 1. The number of halogens is 1. The number of hydrogen-bond donors (Lipinski definition) is 2. The van der Waals surface area contributed by atoms with Crippen molar-refractivity contribution in [2.75, 3.05) is 5.32 Å². The van der Waals surface area contributed by atoms with Gasteiger partial charge in [-0.15, -0.1) is 11.3 Å². The van der Waals surface area contributed by atoms with Crippen molar-refractivity contribution in [1.82, 2.24) is 14.8 Å². The lowest BCUT2D eigenvalue weighted by molar-refractivity contribution is -0.116. The van der Waals surface area contributed by atoms with Crippen LogP contribution >= 0.6 is 22.9 Å². The molecule has 152 valence electrons. The number of amides is 1. The molecule has 2 aromatic carbocycles. The zero-order chi connectivity index (χ0) is 21.1. The van der Waals surface area contributed by atoms with Crippen LogP contribution in [0.3, 0.4) is 0 Å². The summed E-state index contributed by atoms with van der Waals surface area (Å²) in [5, 5.41) is 8.99. The number of aromatic amines is 1. The smallest absolute Gasteiger partial charge is 0.276 e. The molecule has 30 heavy (non-hydrogen) atoms. The standard InChI is InChI=1S/C22H19ClN4O2S/c1-14-18(11-12-20(28)24-17-9-7-16(23)8-10-17)21(29)27(26-14)22-25-19(13-30-22)15-5-3-2-4-6-15/h2-10,13,26H,11-12H2,1H3,(H,24,28). The molecule has 0 bridgehead atoms. The molecule has 1 amide bonds. The van der Waals surface area contributed by atoms with Crippen molar-refractivity contribution in [2.24, 2.45) is 0 Å². The Morgan fingerprint density at radius 2 is 1.90 bits per heavy atom. The molecular weight excluding hydrogens is 420 g/mol. The number of nitrogens with one attached hydrogen (secondary N) is 2. The third-order valence-corrected chi connectivity index (χ3v) is 5.75. The van der Waals surface area contributed by atoms with Gasteiger partial charge in [-0.05, 0) is 37.6 Å². The molecule has 0 radical (unpaired) electrons. The maximum atomic E-state index is 12.9. The molecule has 0 fully saturated rings.